The minimum Gasteiger partial charge on any atom is -0.338 e. The Kier molecular flexibility index (Phi) is 4.53. The van der Waals surface area contributed by atoms with E-state index in [0.29, 0.717) is 0 Å². The molecule has 0 unspecified atom stereocenters. The molecule has 1 aromatic carbocycles. The summed E-state index contributed by atoms with van der Waals surface area (Å²) < 4.78 is 13.1. The van der Waals surface area contributed by atoms with E-state index in [1.807, 2.05) is 11.8 Å². The van der Waals surface area contributed by atoms with E-state index in [-0.39, 0.29) is 30.2 Å². The molecule has 1 aliphatic rings. The third-order valence-corrected chi connectivity index (χ3v) is 3.72. The predicted molar refractivity (Wildman–Crippen MR) is 73.1 cm³/mol. The van der Waals surface area contributed by atoms with Crippen molar-refractivity contribution in [3.63, 3.8) is 0 Å². The quantitative estimate of drug-likeness (QED) is 0.908. The average Bonchev–Trinajstić information content (AvgIpc) is 2.38. The number of nitrogens with two attached hydrogens (primary N) is 1. The molecule has 0 bridgehead atoms. The van der Waals surface area contributed by atoms with E-state index in [9.17, 15) is 9.18 Å². The van der Waals surface area contributed by atoms with Gasteiger partial charge in [-0.05, 0) is 43.9 Å². The molecular weight excluding hydrogens is 243 g/mol. The van der Waals surface area contributed by atoms with E-state index in [0.717, 1.165) is 31.4 Å². The highest BCUT2D eigenvalue weighted by molar-refractivity contribution is 5.79. The highest BCUT2D eigenvalue weighted by Crippen LogP contribution is 2.20. The third kappa shape index (κ3) is 3.53. The summed E-state index contributed by atoms with van der Waals surface area (Å²) in [5, 5.41) is 0. The summed E-state index contributed by atoms with van der Waals surface area (Å²) in [5.41, 5.74) is 6.68. The van der Waals surface area contributed by atoms with Gasteiger partial charge in [-0.2, -0.15) is 0 Å². The summed E-state index contributed by atoms with van der Waals surface area (Å²) in [6, 6.07) is 6.33. The molecule has 0 saturated carbocycles. The lowest BCUT2D eigenvalue weighted by Crippen LogP contribution is -2.52. The molecule has 0 aromatic heterocycles. The molecule has 1 fully saturated rings. The van der Waals surface area contributed by atoms with E-state index in [2.05, 4.69) is 0 Å². The van der Waals surface area contributed by atoms with Gasteiger partial charge in [-0.3, -0.25) is 4.79 Å². The summed E-state index contributed by atoms with van der Waals surface area (Å²) in [6.07, 6.45) is 3.36. The van der Waals surface area contributed by atoms with Crippen molar-refractivity contribution in [3.05, 3.63) is 35.6 Å². The van der Waals surface area contributed by atoms with Crippen LogP contribution in [0, 0.1) is 5.82 Å². The zero-order valence-corrected chi connectivity index (χ0v) is 11.3. The van der Waals surface area contributed by atoms with Crippen molar-refractivity contribution in [3.8, 4) is 0 Å². The number of carbonyl (C=O) groups excluding carboxylic acids is 1. The van der Waals surface area contributed by atoms with Crippen LogP contribution in [-0.4, -0.2) is 29.4 Å². The first-order valence-corrected chi connectivity index (χ1v) is 6.87. The van der Waals surface area contributed by atoms with E-state index in [4.69, 9.17) is 5.73 Å². The fourth-order valence-electron chi connectivity index (χ4n) is 2.74. The van der Waals surface area contributed by atoms with Crippen LogP contribution in [0.5, 0.6) is 0 Å². The molecule has 2 N–H and O–H groups in total. The van der Waals surface area contributed by atoms with Crippen molar-refractivity contribution in [2.24, 2.45) is 5.73 Å². The smallest absolute Gasteiger partial charge is 0.227 e. The number of hydrogen-bond acceptors (Lipinski definition) is 2. The molecule has 1 heterocycles. The van der Waals surface area contributed by atoms with Crippen LogP contribution in [0.3, 0.4) is 0 Å². The topological polar surface area (TPSA) is 46.3 Å². The Morgan fingerprint density at radius 1 is 1.53 bits per heavy atom. The Hall–Kier alpha value is -1.42. The molecule has 19 heavy (non-hydrogen) atoms. The lowest BCUT2D eigenvalue weighted by Gasteiger charge is -2.38. The number of halogens is 1. The molecule has 1 aromatic rings. The van der Waals surface area contributed by atoms with Crippen LogP contribution in [0.15, 0.2) is 24.3 Å². The van der Waals surface area contributed by atoms with Gasteiger partial charge >= 0.3 is 0 Å². The number of nitrogens with zero attached hydrogens (tertiary/aromatic N) is 1. The first kappa shape index (κ1) is 14.0. The molecule has 1 aliphatic heterocycles. The summed E-state index contributed by atoms with van der Waals surface area (Å²) in [5.74, 6) is -0.250. The highest BCUT2D eigenvalue weighted by Gasteiger charge is 2.28. The normalized spacial score (nSPS) is 21.2. The first-order chi connectivity index (χ1) is 9.08. The maximum Gasteiger partial charge on any atom is 0.227 e. The predicted octanol–water partition coefficient (Wildman–Crippen LogP) is 2.10. The number of carbonyl (C=O) groups is 1. The van der Waals surface area contributed by atoms with Crippen LogP contribution in [0.4, 0.5) is 4.39 Å². The summed E-state index contributed by atoms with van der Waals surface area (Å²) in [4.78, 5) is 14.2. The second kappa shape index (κ2) is 6.15. The maximum atomic E-state index is 13.1. The highest BCUT2D eigenvalue weighted by atomic mass is 19.1. The minimum absolute atomic E-state index is 0.0169. The maximum absolute atomic E-state index is 13.1. The molecule has 0 spiro atoms. The van der Waals surface area contributed by atoms with Gasteiger partial charge in [0.1, 0.15) is 5.82 Å². The monoisotopic (exact) mass is 264 g/mol. The van der Waals surface area contributed by atoms with Crippen LogP contribution >= 0.6 is 0 Å². The molecule has 2 atom stereocenters. The van der Waals surface area contributed by atoms with Gasteiger partial charge in [0.25, 0.3) is 0 Å². The van der Waals surface area contributed by atoms with Crippen molar-refractivity contribution in [1.82, 2.24) is 4.90 Å². The summed E-state index contributed by atoms with van der Waals surface area (Å²) in [7, 11) is 0. The second-order valence-corrected chi connectivity index (χ2v) is 5.32. The molecule has 1 saturated heterocycles. The van der Waals surface area contributed by atoms with Gasteiger partial charge in [-0.25, -0.2) is 4.39 Å². The molecule has 104 valence electrons. The van der Waals surface area contributed by atoms with Crippen molar-refractivity contribution in [1.29, 1.82) is 0 Å². The second-order valence-electron chi connectivity index (χ2n) is 5.32. The van der Waals surface area contributed by atoms with Gasteiger partial charge in [0.2, 0.25) is 5.91 Å². The van der Waals surface area contributed by atoms with E-state index in [1.165, 1.54) is 12.1 Å². The average molecular weight is 264 g/mol. The van der Waals surface area contributed by atoms with Gasteiger partial charge < -0.3 is 10.6 Å². The van der Waals surface area contributed by atoms with E-state index < -0.39 is 0 Å². The van der Waals surface area contributed by atoms with Crippen molar-refractivity contribution < 1.29 is 9.18 Å². The Labute approximate surface area is 113 Å². The number of amides is 1. The Balaban J connectivity index is 2.05. The number of likely N-dealkylation sites (tertiary alicyclic amines) is 1. The largest absolute Gasteiger partial charge is 0.338 e. The van der Waals surface area contributed by atoms with Gasteiger partial charge in [0, 0.05) is 18.6 Å². The van der Waals surface area contributed by atoms with Crippen molar-refractivity contribution in [2.75, 3.05) is 6.54 Å². The van der Waals surface area contributed by atoms with Crippen LogP contribution in [-0.2, 0) is 11.2 Å². The zero-order valence-electron chi connectivity index (χ0n) is 11.3. The van der Waals surface area contributed by atoms with Crippen LogP contribution < -0.4 is 5.73 Å². The van der Waals surface area contributed by atoms with Crippen molar-refractivity contribution in [2.45, 2.75) is 44.7 Å². The van der Waals surface area contributed by atoms with Crippen molar-refractivity contribution >= 4 is 5.91 Å². The Morgan fingerprint density at radius 2 is 2.32 bits per heavy atom. The van der Waals surface area contributed by atoms with Crippen LogP contribution in [0.25, 0.3) is 0 Å². The zero-order chi connectivity index (χ0) is 13.8. The lowest BCUT2D eigenvalue weighted by atomic mass is 9.96. The van der Waals surface area contributed by atoms with E-state index in [1.54, 1.807) is 12.1 Å². The van der Waals surface area contributed by atoms with E-state index >= 15 is 0 Å². The molecular formula is C15H21FN2O. The summed E-state index contributed by atoms with van der Waals surface area (Å²) in [6.45, 7) is 2.71. The number of benzene rings is 1. The minimum atomic E-state index is -0.298. The molecule has 0 aliphatic carbocycles. The Morgan fingerprint density at radius 3 is 3.00 bits per heavy atom. The molecule has 1 amide bonds. The number of rotatable bonds is 3. The van der Waals surface area contributed by atoms with Crippen LogP contribution in [0.2, 0.25) is 0 Å². The van der Waals surface area contributed by atoms with Crippen LogP contribution in [0.1, 0.15) is 31.7 Å². The summed E-state index contributed by atoms with van der Waals surface area (Å²) >= 11 is 0. The lowest BCUT2D eigenvalue weighted by molar-refractivity contribution is -0.134. The number of piperidine rings is 1. The van der Waals surface area contributed by atoms with Gasteiger partial charge in [-0.15, -0.1) is 0 Å². The molecule has 3 nitrogen and oxygen atoms in total. The molecule has 2 rings (SSSR count). The Bertz CT molecular complexity index is 448. The SMILES string of the molecule is C[C@@H](N)[C@@H]1CCCCN1C(=O)Cc1cccc(F)c1. The molecule has 4 heteroatoms. The van der Waals surface area contributed by atoms with Gasteiger partial charge in [-0.1, -0.05) is 12.1 Å². The van der Waals surface area contributed by atoms with Gasteiger partial charge in [0.05, 0.1) is 6.42 Å². The standard InChI is InChI=1S/C15H21FN2O/c1-11(17)14-7-2-3-8-18(14)15(19)10-12-5-4-6-13(16)9-12/h4-6,9,11,14H,2-3,7-8,10,17H2,1H3/t11-,14+/m1/s1. The molecule has 0 radical (unpaired) electrons. The third-order valence-electron chi connectivity index (χ3n) is 3.72. The number of hydrogen-bond donors (Lipinski definition) is 1. The van der Waals surface area contributed by atoms with Gasteiger partial charge in [0.15, 0.2) is 0 Å². The first-order valence-electron chi connectivity index (χ1n) is 6.87. The fourth-order valence-corrected chi connectivity index (χ4v) is 2.74. The fraction of sp³-hybridized carbons (Fsp3) is 0.533.